The van der Waals surface area contributed by atoms with E-state index in [1.54, 1.807) is 17.6 Å². The number of nitrogens with one attached hydrogen (secondary N) is 1. The van der Waals surface area contributed by atoms with Gasteiger partial charge >= 0.3 is 0 Å². The van der Waals surface area contributed by atoms with Crippen LogP contribution in [0.15, 0.2) is 26.6 Å². The Morgan fingerprint density at radius 3 is 2.94 bits per heavy atom. The first-order valence-electron chi connectivity index (χ1n) is 5.58. The number of hydrogen-bond donors (Lipinski definition) is 1. The molecule has 2 aromatic rings. The molecular weight excluding hydrogens is 300 g/mol. The van der Waals surface area contributed by atoms with Crippen molar-refractivity contribution in [1.82, 2.24) is 10.3 Å². The highest BCUT2D eigenvalue weighted by Gasteiger charge is 2.18. The van der Waals surface area contributed by atoms with Gasteiger partial charge in [0.15, 0.2) is 0 Å². The maximum atomic E-state index is 5.53. The molecule has 92 valence electrons. The minimum absolute atomic E-state index is 0.176. The SMILES string of the molecule is CCNC(Cc1nc(C)cs1)c1occc1Br. The molecule has 0 aliphatic rings. The first-order valence-corrected chi connectivity index (χ1v) is 7.25. The van der Waals surface area contributed by atoms with Gasteiger partial charge in [-0.1, -0.05) is 6.92 Å². The maximum Gasteiger partial charge on any atom is 0.135 e. The molecular formula is C12H15BrN2OS. The fourth-order valence-electron chi connectivity index (χ4n) is 1.73. The van der Waals surface area contributed by atoms with Crippen molar-refractivity contribution in [2.24, 2.45) is 0 Å². The molecule has 3 nitrogen and oxygen atoms in total. The van der Waals surface area contributed by atoms with Gasteiger partial charge < -0.3 is 9.73 Å². The molecule has 0 saturated carbocycles. The van der Waals surface area contributed by atoms with Crippen LogP contribution in [0.1, 0.15) is 29.4 Å². The van der Waals surface area contributed by atoms with Crippen LogP contribution < -0.4 is 5.32 Å². The zero-order chi connectivity index (χ0) is 12.3. The van der Waals surface area contributed by atoms with Gasteiger partial charge in [-0.15, -0.1) is 11.3 Å². The molecule has 2 rings (SSSR count). The van der Waals surface area contributed by atoms with Crippen LogP contribution in [0.5, 0.6) is 0 Å². The molecule has 5 heteroatoms. The molecule has 0 aliphatic carbocycles. The summed E-state index contributed by atoms with van der Waals surface area (Å²) in [4.78, 5) is 4.49. The molecule has 2 aromatic heterocycles. The van der Waals surface area contributed by atoms with Crippen LogP contribution >= 0.6 is 27.3 Å². The molecule has 1 unspecified atom stereocenters. The van der Waals surface area contributed by atoms with E-state index in [2.05, 4.69) is 38.5 Å². The van der Waals surface area contributed by atoms with Crippen molar-refractivity contribution in [2.45, 2.75) is 26.3 Å². The van der Waals surface area contributed by atoms with Gasteiger partial charge in [0, 0.05) is 17.5 Å². The molecule has 1 atom stereocenters. The molecule has 0 bridgehead atoms. The topological polar surface area (TPSA) is 38.1 Å². The minimum Gasteiger partial charge on any atom is -0.466 e. The van der Waals surface area contributed by atoms with Gasteiger partial charge in [0.2, 0.25) is 0 Å². The summed E-state index contributed by atoms with van der Waals surface area (Å²) in [5.74, 6) is 0.944. The normalized spacial score (nSPS) is 12.9. The lowest BCUT2D eigenvalue weighted by atomic mass is 10.1. The van der Waals surface area contributed by atoms with E-state index in [1.807, 2.05) is 13.0 Å². The quantitative estimate of drug-likeness (QED) is 0.914. The van der Waals surface area contributed by atoms with Crippen molar-refractivity contribution >= 4 is 27.3 Å². The van der Waals surface area contributed by atoms with Crippen LogP contribution in [0.3, 0.4) is 0 Å². The fraction of sp³-hybridized carbons (Fsp3) is 0.417. The molecule has 0 fully saturated rings. The number of thiazole rings is 1. The van der Waals surface area contributed by atoms with Crippen molar-refractivity contribution in [3.05, 3.63) is 38.6 Å². The van der Waals surface area contributed by atoms with Crippen molar-refractivity contribution in [3.8, 4) is 0 Å². The first-order chi connectivity index (χ1) is 8.20. The molecule has 0 aromatic carbocycles. The average Bonchev–Trinajstić information content (AvgIpc) is 2.87. The molecule has 0 aliphatic heterocycles. The van der Waals surface area contributed by atoms with Crippen LogP contribution in [0.2, 0.25) is 0 Å². The second-order valence-corrected chi connectivity index (χ2v) is 5.63. The van der Waals surface area contributed by atoms with Crippen LogP contribution in [0, 0.1) is 6.92 Å². The highest BCUT2D eigenvalue weighted by molar-refractivity contribution is 9.10. The molecule has 0 amide bonds. The van der Waals surface area contributed by atoms with E-state index in [9.17, 15) is 0 Å². The Bertz CT molecular complexity index is 480. The lowest BCUT2D eigenvalue weighted by molar-refractivity contribution is 0.413. The molecule has 0 spiro atoms. The summed E-state index contributed by atoms with van der Waals surface area (Å²) in [6, 6.07) is 2.10. The third kappa shape index (κ3) is 3.18. The fourth-order valence-corrected chi connectivity index (χ4v) is 3.03. The number of rotatable bonds is 5. The predicted molar refractivity (Wildman–Crippen MR) is 73.4 cm³/mol. The predicted octanol–water partition coefficient (Wildman–Crippen LogP) is 3.70. The zero-order valence-electron chi connectivity index (χ0n) is 9.87. The lowest BCUT2D eigenvalue weighted by Crippen LogP contribution is -2.22. The third-order valence-corrected chi connectivity index (χ3v) is 4.10. The summed E-state index contributed by atoms with van der Waals surface area (Å²) < 4.78 is 6.54. The Labute approximate surface area is 113 Å². The second-order valence-electron chi connectivity index (χ2n) is 3.83. The number of likely N-dealkylation sites (N-methyl/N-ethyl adjacent to an activating group) is 1. The summed E-state index contributed by atoms with van der Waals surface area (Å²) in [7, 11) is 0. The van der Waals surface area contributed by atoms with Crippen LogP contribution in [0.4, 0.5) is 0 Å². The van der Waals surface area contributed by atoms with E-state index in [0.29, 0.717) is 0 Å². The molecule has 0 saturated heterocycles. The van der Waals surface area contributed by atoms with E-state index >= 15 is 0 Å². The number of hydrogen-bond acceptors (Lipinski definition) is 4. The highest BCUT2D eigenvalue weighted by Crippen LogP contribution is 2.27. The molecule has 1 N–H and O–H groups in total. The van der Waals surface area contributed by atoms with Gasteiger partial charge in [-0.05, 0) is 35.5 Å². The summed E-state index contributed by atoms with van der Waals surface area (Å²) >= 11 is 5.20. The average molecular weight is 315 g/mol. The van der Waals surface area contributed by atoms with Gasteiger partial charge in [-0.2, -0.15) is 0 Å². The number of halogens is 1. The van der Waals surface area contributed by atoms with Crippen LogP contribution in [-0.2, 0) is 6.42 Å². The number of furan rings is 1. The summed E-state index contributed by atoms with van der Waals surface area (Å²) in [5.41, 5.74) is 1.08. The van der Waals surface area contributed by atoms with E-state index in [1.165, 1.54) is 0 Å². The Hall–Kier alpha value is -0.650. The Morgan fingerprint density at radius 1 is 1.59 bits per heavy atom. The van der Waals surface area contributed by atoms with Crippen molar-refractivity contribution in [2.75, 3.05) is 6.54 Å². The Morgan fingerprint density at radius 2 is 2.41 bits per heavy atom. The summed E-state index contributed by atoms with van der Waals surface area (Å²) in [5, 5.41) is 6.64. The molecule has 2 heterocycles. The van der Waals surface area contributed by atoms with Crippen molar-refractivity contribution in [3.63, 3.8) is 0 Å². The number of aromatic nitrogens is 1. The van der Waals surface area contributed by atoms with Gasteiger partial charge in [0.05, 0.1) is 21.8 Å². The third-order valence-electron chi connectivity index (χ3n) is 2.46. The number of nitrogens with zero attached hydrogens (tertiary/aromatic N) is 1. The van der Waals surface area contributed by atoms with Gasteiger partial charge in [-0.3, -0.25) is 0 Å². The van der Waals surface area contributed by atoms with E-state index in [4.69, 9.17) is 4.42 Å². The van der Waals surface area contributed by atoms with E-state index in [0.717, 1.165) is 33.9 Å². The summed E-state index contributed by atoms with van der Waals surface area (Å²) in [6.45, 7) is 5.02. The monoisotopic (exact) mass is 314 g/mol. The van der Waals surface area contributed by atoms with Gasteiger partial charge in [0.1, 0.15) is 5.76 Å². The largest absolute Gasteiger partial charge is 0.466 e. The maximum absolute atomic E-state index is 5.53. The van der Waals surface area contributed by atoms with Crippen molar-refractivity contribution in [1.29, 1.82) is 0 Å². The lowest BCUT2D eigenvalue weighted by Gasteiger charge is -2.14. The zero-order valence-corrected chi connectivity index (χ0v) is 12.3. The second kappa shape index (κ2) is 5.80. The standard InChI is InChI=1S/C12H15BrN2OS/c1-3-14-10(12-9(13)4-5-16-12)6-11-15-8(2)7-17-11/h4-5,7,10,14H,3,6H2,1-2H3. The van der Waals surface area contributed by atoms with E-state index < -0.39 is 0 Å². The minimum atomic E-state index is 0.176. The Kier molecular flexibility index (Phi) is 4.36. The van der Waals surface area contributed by atoms with E-state index in [-0.39, 0.29) is 6.04 Å². The van der Waals surface area contributed by atoms with Crippen LogP contribution in [-0.4, -0.2) is 11.5 Å². The van der Waals surface area contributed by atoms with Crippen molar-refractivity contribution < 1.29 is 4.42 Å². The first kappa shape index (κ1) is 12.8. The summed E-state index contributed by atoms with van der Waals surface area (Å²) in [6.07, 6.45) is 2.56. The van der Waals surface area contributed by atoms with Gasteiger partial charge in [0.25, 0.3) is 0 Å². The van der Waals surface area contributed by atoms with Gasteiger partial charge in [-0.25, -0.2) is 4.98 Å². The molecule has 0 radical (unpaired) electrons. The Balaban J connectivity index is 2.15. The van der Waals surface area contributed by atoms with Crippen LogP contribution in [0.25, 0.3) is 0 Å². The smallest absolute Gasteiger partial charge is 0.135 e. The molecule has 17 heavy (non-hydrogen) atoms. The highest BCUT2D eigenvalue weighted by atomic mass is 79.9. The number of aryl methyl sites for hydroxylation is 1.